The number of carbonyl (C=O) groups excluding carboxylic acids is 1. The molecule has 1 rings (SSSR count). The lowest BCUT2D eigenvalue weighted by Gasteiger charge is -2.01. The summed E-state index contributed by atoms with van der Waals surface area (Å²) in [5.74, 6) is 0.673. The molecule has 3 nitrogen and oxygen atoms in total. The molecule has 0 aliphatic rings. The van der Waals surface area contributed by atoms with Crippen molar-refractivity contribution in [1.29, 1.82) is 0 Å². The van der Waals surface area contributed by atoms with Crippen molar-refractivity contribution in [2.45, 2.75) is 12.5 Å². The maximum absolute atomic E-state index is 10.5. The highest BCUT2D eigenvalue weighted by molar-refractivity contribution is 6.64. The van der Waals surface area contributed by atoms with Crippen LogP contribution in [0.3, 0.4) is 0 Å². The second-order valence-corrected chi connectivity index (χ2v) is 2.57. The summed E-state index contributed by atoms with van der Waals surface area (Å²) in [5.41, 5.74) is 5.37. The minimum atomic E-state index is -0.664. The zero-order valence-corrected chi connectivity index (χ0v) is 6.54. The summed E-state index contributed by atoms with van der Waals surface area (Å²) < 4.78 is 4.96. The van der Waals surface area contributed by atoms with Gasteiger partial charge in [-0.1, -0.05) is 0 Å². The van der Waals surface area contributed by atoms with E-state index in [1.165, 1.54) is 6.26 Å². The molecule has 1 heterocycles. The van der Waals surface area contributed by atoms with Crippen molar-refractivity contribution in [3.05, 3.63) is 24.2 Å². The van der Waals surface area contributed by atoms with Crippen LogP contribution < -0.4 is 5.73 Å². The van der Waals surface area contributed by atoms with Gasteiger partial charge in [0, 0.05) is 6.42 Å². The Bertz CT molecular complexity index is 233. The van der Waals surface area contributed by atoms with Gasteiger partial charge in [-0.2, -0.15) is 0 Å². The van der Waals surface area contributed by atoms with E-state index in [2.05, 4.69) is 0 Å². The molecule has 4 heteroatoms. The van der Waals surface area contributed by atoms with E-state index >= 15 is 0 Å². The molecule has 0 aliphatic carbocycles. The number of rotatable bonds is 3. The van der Waals surface area contributed by atoms with E-state index in [0.717, 1.165) is 0 Å². The van der Waals surface area contributed by atoms with Crippen LogP contribution in [0.4, 0.5) is 0 Å². The van der Waals surface area contributed by atoms with Crippen molar-refractivity contribution < 1.29 is 9.21 Å². The van der Waals surface area contributed by atoms with Gasteiger partial charge in [-0.15, -0.1) is 0 Å². The van der Waals surface area contributed by atoms with Gasteiger partial charge in [-0.3, -0.25) is 4.79 Å². The van der Waals surface area contributed by atoms with Gasteiger partial charge in [-0.25, -0.2) is 0 Å². The molecule has 0 saturated carbocycles. The van der Waals surface area contributed by atoms with Crippen LogP contribution in [0.1, 0.15) is 5.76 Å². The fourth-order valence-corrected chi connectivity index (χ4v) is 0.803. The predicted molar refractivity (Wildman–Crippen MR) is 41.2 cm³/mol. The summed E-state index contributed by atoms with van der Waals surface area (Å²) in [7, 11) is 0. The third-order valence-corrected chi connectivity index (χ3v) is 1.57. The van der Waals surface area contributed by atoms with Crippen LogP contribution in [-0.4, -0.2) is 11.3 Å². The molecule has 11 heavy (non-hydrogen) atoms. The smallest absolute Gasteiger partial charge is 0.238 e. The van der Waals surface area contributed by atoms with Crippen LogP contribution in [0.25, 0.3) is 0 Å². The minimum Gasteiger partial charge on any atom is -0.469 e. The van der Waals surface area contributed by atoms with Gasteiger partial charge in [-0.05, 0) is 23.7 Å². The van der Waals surface area contributed by atoms with Gasteiger partial charge in [0.1, 0.15) is 5.76 Å². The van der Waals surface area contributed by atoms with Crippen LogP contribution in [0, 0.1) is 0 Å². The molecular weight excluding hydrogens is 166 g/mol. The fraction of sp³-hybridized carbons (Fsp3) is 0.286. The van der Waals surface area contributed by atoms with Crippen LogP contribution in [0.15, 0.2) is 22.8 Å². The molecule has 0 aliphatic heterocycles. The first-order valence-electron chi connectivity index (χ1n) is 3.17. The van der Waals surface area contributed by atoms with Crippen molar-refractivity contribution >= 4 is 16.8 Å². The molecule has 0 amide bonds. The molecule has 1 atom stereocenters. The van der Waals surface area contributed by atoms with Gasteiger partial charge in [0.25, 0.3) is 0 Å². The molecule has 0 spiro atoms. The number of halogens is 1. The number of carbonyl (C=O) groups is 1. The summed E-state index contributed by atoms with van der Waals surface area (Å²) in [6.07, 6.45) is 1.89. The topological polar surface area (TPSA) is 56.2 Å². The third-order valence-electron chi connectivity index (χ3n) is 1.29. The van der Waals surface area contributed by atoms with Gasteiger partial charge >= 0.3 is 0 Å². The molecule has 0 fully saturated rings. The second kappa shape index (κ2) is 3.55. The van der Waals surface area contributed by atoms with Crippen molar-refractivity contribution in [3.63, 3.8) is 0 Å². The zero-order valence-electron chi connectivity index (χ0n) is 5.79. The Morgan fingerprint density at radius 3 is 3.00 bits per heavy atom. The number of hydrogen-bond acceptors (Lipinski definition) is 3. The fourth-order valence-electron chi connectivity index (χ4n) is 0.726. The Labute approximate surface area is 69.1 Å². The second-order valence-electron chi connectivity index (χ2n) is 2.19. The van der Waals surface area contributed by atoms with Crippen molar-refractivity contribution in [3.8, 4) is 0 Å². The molecule has 1 aromatic heterocycles. The standard InChI is InChI=1S/C7H8ClNO2/c8-7(10)6(9)4-5-2-1-3-11-5/h1-3,6H,4,9H2/t6-/m0/s1. The van der Waals surface area contributed by atoms with E-state index in [4.69, 9.17) is 21.8 Å². The van der Waals surface area contributed by atoms with E-state index in [9.17, 15) is 4.79 Å². The first-order valence-corrected chi connectivity index (χ1v) is 3.55. The maximum atomic E-state index is 10.5. The monoisotopic (exact) mass is 173 g/mol. The minimum absolute atomic E-state index is 0.356. The molecule has 0 radical (unpaired) electrons. The van der Waals surface area contributed by atoms with Crippen molar-refractivity contribution in [1.82, 2.24) is 0 Å². The van der Waals surface area contributed by atoms with Crippen LogP contribution in [0.5, 0.6) is 0 Å². The summed E-state index contributed by atoms with van der Waals surface area (Å²) >= 11 is 5.14. The quantitative estimate of drug-likeness (QED) is 0.692. The lowest BCUT2D eigenvalue weighted by atomic mass is 10.2. The normalized spacial score (nSPS) is 12.9. The molecule has 60 valence electrons. The lowest BCUT2D eigenvalue weighted by molar-refractivity contribution is -0.112. The molecule has 1 aromatic rings. The summed E-state index contributed by atoms with van der Waals surface area (Å²) in [4.78, 5) is 10.5. The number of nitrogens with two attached hydrogens (primary N) is 1. The summed E-state index contributed by atoms with van der Waals surface area (Å²) in [5, 5.41) is -0.540. The van der Waals surface area contributed by atoms with Gasteiger partial charge in [0.05, 0.1) is 12.3 Å². The largest absolute Gasteiger partial charge is 0.469 e. The summed E-state index contributed by atoms with van der Waals surface area (Å²) in [6.45, 7) is 0. The average molecular weight is 174 g/mol. The van der Waals surface area contributed by atoms with E-state index in [1.54, 1.807) is 12.1 Å². The lowest BCUT2D eigenvalue weighted by Crippen LogP contribution is -2.28. The third kappa shape index (κ3) is 2.37. The molecule has 0 bridgehead atoms. The highest BCUT2D eigenvalue weighted by Crippen LogP contribution is 2.04. The SMILES string of the molecule is N[C@@H](Cc1ccco1)C(=O)Cl. The highest BCUT2D eigenvalue weighted by atomic mass is 35.5. The molecule has 0 saturated heterocycles. The highest BCUT2D eigenvalue weighted by Gasteiger charge is 2.11. The Morgan fingerprint density at radius 1 is 1.82 bits per heavy atom. The molecule has 0 aromatic carbocycles. The first kappa shape index (κ1) is 8.30. The van der Waals surface area contributed by atoms with E-state index in [0.29, 0.717) is 12.2 Å². The first-order chi connectivity index (χ1) is 5.20. The Kier molecular flexibility index (Phi) is 2.68. The number of hydrogen-bond donors (Lipinski definition) is 1. The average Bonchev–Trinajstić information content (AvgIpc) is 2.39. The van der Waals surface area contributed by atoms with Crippen LogP contribution >= 0.6 is 11.6 Å². The van der Waals surface area contributed by atoms with E-state index < -0.39 is 11.3 Å². The molecule has 0 unspecified atom stereocenters. The van der Waals surface area contributed by atoms with Crippen molar-refractivity contribution in [2.24, 2.45) is 5.73 Å². The number of furan rings is 1. The molecule has 2 N–H and O–H groups in total. The summed E-state index contributed by atoms with van der Waals surface area (Å²) in [6, 6.07) is 2.82. The van der Waals surface area contributed by atoms with Gasteiger partial charge in [0.2, 0.25) is 5.24 Å². The Balaban J connectivity index is 2.50. The maximum Gasteiger partial charge on any atom is 0.238 e. The van der Waals surface area contributed by atoms with E-state index in [1.807, 2.05) is 0 Å². The predicted octanol–water partition coefficient (Wildman–Crippen LogP) is 0.915. The Hall–Kier alpha value is -0.800. The molecular formula is C7H8ClNO2. The Morgan fingerprint density at radius 2 is 2.55 bits per heavy atom. The van der Waals surface area contributed by atoms with Gasteiger partial charge < -0.3 is 10.2 Å². The van der Waals surface area contributed by atoms with Crippen LogP contribution in [-0.2, 0) is 11.2 Å². The van der Waals surface area contributed by atoms with Gasteiger partial charge in [0.15, 0.2) is 0 Å². The van der Waals surface area contributed by atoms with Crippen molar-refractivity contribution in [2.75, 3.05) is 0 Å². The zero-order chi connectivity index (χ0) is 8.27. The van der Waals surface area contributed by atoms with Crippen LogP contribution in [0.2, 0.25) is 0 Å². The van der Waals surface area contributed by atoms with E-state index in [-0.39, 0.29) is 0 Å².